The Morgan fingerprint density at radius 3 is 2.54 bits per heavy atom. The first-order valence-electron chi connectivity index (χ1n) is 8.49. The number of hydrogen-bond acceptors (Lipinski definition) is 5. The van der Waals surface area contributed by atoms with Gasteiger partial charge in [-0.25, -0.2) is 13.1 Å². The van der Waals surface area contributed by atoms with Gasteiger partial charge in [0, 0.05) is 19.1 Å². The van der Waals surface area contributed by atoms with Crippen molar-refractivity contribution in [1.29, 1.82) is 0 Å². The van der Waals surface area contributed by atoms with Crippen LogP contribution >= 0.6 is 0 Å². The summed E-state index contributed by atoms with van der Waals surface area (Å²) in [6, 6.07) is 3.70. The zero-order valence-corrected chi connectivity index (χ0v) is 15.0. The minimum atomic E-state index is -3.28. The molecule has 1 fully saturated rings. The smallest absolute Gasteiger partial charge is 0.287 e. The van der Waals surface area contributed by atoms with Crippen LogP contribution in [0, 0.1) is 0 Å². The number of carbonyl (C=O) groups excluding carboxylic acids is 1. The van der Waals surface area contributed by atoms with Crippen LogP contribution in [0.2, 0.25) is 0 Å². The average molecular weight is 357 g/mol. The van der Waals surface area contributed by atoms with Crippen molar-refractivity contribution in [3.63, 3.8) is 0 Å². The molecule has 1 saturated carbocycles. The molecule has 8 heteroatoms. The quantitative estimate of drug-likeness (QED) is 0.482. The number of rotatable bonds is 8. The second-order valence-corrected chi connectivity index (χ2v) is 8.09. The van der Waals surface area contributed by atoms with Gasteiger partial charge in [0.05, 0.1) is 12.8 Å². The van der Waals surface area contributed by atoms with Crippen molar-refractivity contribution in [1.82, 2.24) is 15.4 Å². The van der Waals surface area contributed by atoms with E-state index in [1.807, 2.05) is 0 Å². The molecule has 7 nitrogen and oxygen atoms in total. The van der Waals surface area contributed by atoms with Crippen LogP contribution in [-0.2, 0) is 16.6 Å². The number of sulfonamides is 1. The van der Waals surface area contributed by atoms with Gasteiger partial charge in [-0.15, -0.1) is 0 Å². The summed E-state index contributed by atoms with van der Waals surface area (Å²) in [5.74, 6) is 0.306. The molecule has 0 radical (unpaired) electrons. The molecule has 1 aliphatic carbocycles. The Labute approximate surface area is 143 Å². The Morgan fingerprint density at radius 2 is 1.88 bits per heavy atom. The monoisotopic (exact) mass is 357 g/mol. The predicted octanol–water partition coefficient (Wildman–Crippen LogP) is 1.37. The van der Waals surface area contributed by atoms with Gasteiger partial charge in [-0.3, -0.25) is 4.79 Å². The van der Waals surface area contributed by atoms with Gasteiger partial charge in [-0.1, -0.05) is 25.7 Å². The topological polar surface area (TPSA) is 100 Å². The lowest BCUT2D eigenvalue weighted by Gasteiger charge is -2.16. The number of furan rings is 1. The molecule has 0 atom stereocenters. The summed E-state index contributed by atoms with van der Waals surface area (Å²) in [5, 5.41) is 6.29. The van der Waals surface area contributed by atoms with Crippen LogP contribution in [-0.4, -0.2) is 39.7 Å². The third-order valence-electron chi connectivity index (χ3n) is 4.09. The van der Waals surface area contributed by atoms with E-state index in [2.05, 4.69) is 15.4 Å². The fourth-order valence-corrected chi connectivity index (χ4v) is 3.22. The molecule has 0 spiro atoms. The maximum absolute atomic E-state index is 12.0. The van der Waals surface area contributed by atoms with E-state index in [1.54, 1.807) is 12.1 Å². The predicted molar refractivity (Wildman–Crippen MR) is 92.2 cm³/mol. The molecular formula is C16H27N3O4S. The lowest BCUT2D eigenvalue weighted by Crippen LogP contribution is -2.36. The molecule has 2 rings (SSSR count). The van der Waals surface area contributed by atoms with Gasteiger partial charge in [0.25, 0.3) is 5.91 Å². The van der Waals surface area contributed by atoms with Crippen LogP contribution in [0.4, 0.5) is 0 Å². The summed E-state index contributed by atoms with van der Waals surface area (Å²) in [4.78, 5) is 12.0. The lowest BCUT2D eigenvalue weighted by atomic mass is 10.1. The summed E-state index contributed by atoms with van der Waals surface area (Å²) >= 11 is 0. The molecule has 136 valence electrons. The summed E-state index contributed by atoms with van der Waals surface area (Å²) < 4.78 is 29.7. The maximum atomic E-state index is 12.0. The van der Waals surface area contributed by atoms with Gasteiger partial charge in [-0.2, -0.15) is 0 Å². The molecule has 1 aromatic rings. The number of carbonyl (C=O) groups is 1. The van der Waals surface area contributed by atoms with Gasteiger partial charge in [0.1, 0.15) is 5.76 Å². The van der Waals surface area contributed by atoms with Gasteiger partial charge in [-0.05, 0) is 25.0 Å². The van der Waals surface area contributed by atoms with Crippen LogP contribution in [0.1, 0.15) is 54.8 Å². The van der Waals surface area contributed by atoms with E-state index in [0.717, 1.165) is 12.8 Å². The van der Waals surface area contributed by atoms with Crippen molar-refractivity contribution >= 4 is 15.9 Å². The number of amides is 1. The third kappa shape index (κ3) is 7.02. The van der Waals surface area contributed by atoms with Crippen LogP contribution in [0.25, 0.3) is 0 Å². The number of nitrogens with one attached hydrogen (secondary N) is 3. The fourth-order valence-electron chi connectivity index (χ4n) is 2.82. The largest absolute Gasteiger partial charge is 0.455 e. The minimum Gasteiger partial charge on any atom is -0.455 e. The van der Waals surface area contributed by atoms with Gasteiger partial charge in [0.15, 0.2) is 5.76 Å². The van der Waals surface area contributed by atoms with Crippen molar-refractivity contribution in [2.45, 2.75) is 51.1 Å². The molecular weight excluding hydrogens is 330 g/mol. The van der Waals surface area contributed by atoms with E-state index in [9.17, 15) is 13.2 Å². The molecule has 1 aliphatic rings. The van der Waals surface area contributed by atoms with E-state index >= 15 is 0 Å². The summed E-state index contributed by atoms with van der Waals surface area (Å²) in [6.07, 6.45) is 8.70. The van der Waals surface area contributed by atoms with E-state index in [-0.39, 0.29) is 18.2 Å². The molecule has 0 bridgehead atoms. The van der Waals surface area contributed by atoms with E-state index in [4.69, 9.17) is 4.42 Å². The van der Waals surface area contributed by atoms with E-state index in [1.165, 1.54) is 38.5 Å². The molecule has 1 heterocycles. The van der Waals surface area contributed by atoms with Crippen molar-refractivity contribution in [3.8, 4) is 0 Å². The third-order valence-corrected chi connectivity index (χ3v) is 4.76. The Hall–Kier alpha value is -1.38. The number of hydrogen-bond donors (Lipinski definition) is 3. The second-order valence-electron chi connectivity index (χ2n) is 6.26. The first-order chi connectivity index (χ1) is 11.4. The molecule has 24 heavy (non-hydrogen) atoms. The zero-order chi connectivity index (χ0) is 17.4. The van der Waals surface area contributed by atoms with Gasteiger partial charge >= 0.3 is 0 Å². The Bertz CT molecular complexity index is 619. The first-order valence-corrected chi connectivity index (χ1v) is 10.4. The Morgan fingerprint density at radius 1 is 1.17 bits per heavy atom. The minimum absolute atomic E-state index is 0.0371. The molecule has 0 unspecified atom stereocenters. The van der Waals surface area contributed by atoms with E-state index in [0.29, 0.717) is 18.3 Å². The van der Waals surface area contributed by atoms with Crippen molar-refractivity contribution in [3.05, 3.63) is 23.7 Å². The second kappa shape index (κ2) is 9.19. The normalized spacial score (nSPS) is 16.7. The highest BCUT2D eigenvalue weighted by Crippen LogP contribution is 2.16. The van der Waals surface area contributed by atoms with Crippen molar-refractivity contribution in [2.75, 3.05) is 19.3 Å². The fraction of sp³-hybridized carbons (Fsp3) is 0.688. The van der Waals surface area contributed by atoms with Crippen molar-refractivity contribution < 1.29 is 17.6 Å². The SMILES string of the molecule is CS(=O)(=O)NCc1ccc(C(=O)NCCNC2CCCCCC2)o1. The highest BCUT2D eigenvalue weighted by molar-refractivity contribution is 7.88. The molecule has 1 amide bonds. The summed E-state index contributed by atoms with van der Waals surface area (Å²) in [5.41, 5.74) is 0. The lowest BCUT2D eigenvalue weighted by molar-refractivity contribution is 0.0924. The van der Waals surface area contributed by atoms with E-state index < -0.39 is 10.0 Å². The van der Waals surface area contributed by atoms with Crippen LogP contribution in [0.15, 0.2) is 16.5 Å². The van der Waals surface area contributed by atoms with Crippen molar-refractivity contribution in [2.24, 2.45) is 0 Å². The average Bonchev–Trinajstić information content (AvgIpc) is 2.85. The van der Waals surface area contributed by atoms with Gasteiger partial charge in [0.2, 0.25) is 10.0 Å². The maximum Gasteiger partial charge on any atom is 0.287 e. The highest BCUT2D eigenvalue weighted by Gasteiger charge is 2.13. The summed E-state index contributed by atoms with van der Waals surface area (Å²) in [6.45, 7) is 1.31. The molecule has 0 saturated heterocycles. The van der Waals surface area contributed by atoms with Gasteiger partial charge < -0.3 is 15.1 Å². The highest BCUT2D eigenvalue weighted by atomic mass is 32.2. The van der Waals surface area contributed by atoms with Crippen LogP contribution in [0.3, 0.4) is 0 Å². The zero-order valence-electron chi connectivity index (χ0n) is 14.1. The standard InChI is InChI=1S/C16H27N3O4S/c1-24(21,22)19-12-14-8-9-15(23-14)16(20)18-11-10-17-13-6-4-2-3-5-7-13/h8-9,13,17,19H,2-7,10-12H2,1H3,(H,18,20). The Balaban J connectivity index is 1.67. The van der Waals surface area contributed by atoms with Crippen LogP contribution in [0.5, 0.6) is 0 Å². The molecule has 1 aromatic heterocycles. The molecule has 0 aliphatic heterocycles. The summed E-state index contributed by atoms with van der Waals surface area (Å²) in [7, 11) is -3.28. The molecule has 0 aromatic carbocycles. The Kier molecular flexibility index (Phi) is 7.26. The first kappa shape index (κ1) is 19.0. The van der Waals surface area contributed by atoms with Crippen LogP contribution < -0.4 is 15.4 Å². The molecule has 3 N–H and O–H groups in total.